The third-order valence-electron chi connectivity index (χ3n) is 3.36. The summed E-state index contributed by atoms with van der Waals surface area (Å²) in [4.78, 5) is 15.8. The Labute approximate surface area is 114 Å². The molecule has 1 aromatic rings. The minimum atomic E-state index is -0.432. The standard InChI is InChI=1S/C14H23N3O2/c1-14(2,3)19-13(18)16-11-4-6-12(7-5-11)17-9-8-15-10-17/h8-12H,4-7H2,1-3H3,(H,16,18). The summed E-state index contributed by atoms with van der Waals surface area (Å²) in [6, 6.07) is 0.744. The van der Waals surface area contributed by atoms with Crippen molar-refractivity contribution in [2.24, 2.45) is 0 Å². The van der Waals surface area contributed by atoms with Gasteiger partial charge < -0.3 is 14.6 Å². The smallest absolute Gasteiger partial charge is 0.407 e. The van der Waals surface area contributed by atoms with E-state index in [-0.39, 0.29) is 12.1 Å². The lowest BCUT2D eigenvalue weighted by Gasteiger charge is -2.30. The van der Waals surface area contributed by atoms with Crippen LogP contribution in [0.4, 0.5) is 4.79 Å². The first-order chi connectivity index (χ1) is 8.94. The van der Waals surface area contributed by atoms with Crippen molar-refractivity contribution < 1.29 is 9.53 Å². The summed E-state index contributed by atoms with van der Waals surface area (Å²) in [5.41, 5.74) is -0.432. The molecular formula is C14H23N3O2. The first-order valence-corrected chi connectivity index (χ1v) is 6.91. The normalized spacial score (nSPS) is 23.9. The van der Waals surface area contributed by atoms with E-state index in [2.05, 4.69) is 14.9 Å². The van der Waals surface area contributed by atoms with Crippen molar-refractivity contribution in [3.8, 4) is 0 Å². The monoisotopic (exact) mass is 265 g/mol. The van der Waals surface area contributed by atoms with E-state index in [0.717, 1.165) is 25.7 Å². The van der Waals surface area contributed by atoms with Crippen molar-refractivity contribution >= 4 is 6.09 Å². The van der Waals surface area contributed by atoms with Gasteiger partial charge in [-0.05, 0) is 46.5 Å². The van der Waals surface area contributed by atoms with Gasteiger partial charge in [0.25, 0.3) is 0 Å². The van der Waals surface area contributed by atoms with Crippen LogP contribution in [0.3, 0.4) is 0 Å². The first-order valence-electron chi connectivity index (χ1n) is 6.91. The molecule has 1 heterocycles. The Morgan fingerprint density at radius 2 is 2.00 bits per heavy atom. The number of aromatic nitrogens is 2. The van der Waals surface area contributed by atoms with Crippen LogP contribution in [0.5, 0.6) is 0 Å². The Morgan fingerprint density at radius 1 is 1.32 bits per heavy atom. The fraction of sp³-hybridized carbons (Fsp3) is 0.714. The number of amides is 1. The van der Waals surface area contributed by atoms with Crippen LogP contribution >= 0.6 is 0 Å². The lowest BCUT2D eigenvalue weighted by atomic mass is 9.91. The summed E-state index contributed by atoms with van der Waals surface area (Å²) < 4.78 is 7.43. The molecule has 1 aliphatic rings. The highest BCUT2D eigenvalue weighted by atomic mass is 16.6. The summed E-state index contributed by atoms with van der Waals surface area (Å²) in [5, 5.41) is 2.96. The average molecular weight is 265 g/mol. The maximum Gasteiger partial charge on any atom is 0.407 e. The number of ether oxygens (including phenoxy) is 1. The number of carbonyl (C=O) groups excluding carboxylic acids is 1. The van der Waals surface area contributed by atoms with Gasteiger partial charge in [0.1, 0.15) is 5.60 Å². The maximum atomic E-state index is 11.7. The Hall–Kier alpha value is -1.52. The molecule has 1 N–H and O–H groups in total. The number of nitrogens with one attached hydrogen (secondary N) is 1. The van der Waals surface area contributed by atoms with Crippen molar-refractivity contribution in [2.45, 2.75) is 64.1 Å². The molecule has 0 radical (unpaired) electrons. The van der Waals surface area contributed by atoms with Gasteiger partial charge in [-0.3, -0.25) is 0 Å². The van der Waals surface area contributed by atoms with Crippen LogP contribution in [0.1, 0.15) is 52.5 Å². The molecule has 5 nitrogen and oxygen atoms in total. The molecule has 1 aromatic heterocycles. The molecule has 19 heavy (non-hydrogen) atoms. The Balaban J connectivity index is 1.76. The number of carbonyl (C=O) groups is 1. The predicted octanol–water partition coefficient (Wildman–Crippen LogP) is 2.89. The van der Waals surface area contributed by atoms with Crippen LogP contribution < -0.4 is 5.32 Å². The zero-order valence-corrected chi connectivity index (χ0v) is 11.9. The number of rotatable bonds is 2. The minimum absolute atomic E-state index is 0.231. The number of nitrogens with zero attached hydrogens (tertiary/aromatic N) is 2. The van der Waals surface area contributed by atoms with Gasteiger partial charge in [-0.25, -0.2) is 9.78 Å². The highest BCUT2D eigenvalue weighted by Crippen LogP contribution is 2.28. The van der Waals surface area contributed by atoms with E-state index < -0.39 is 5.60 Å². The molecule has 106 valence electrons. The second-order valence-corrected chi connectivity index (χ2v) is 6.16. The molecule has 0 bridgehead atoms. The highest BCUT2D eigenvalue weighted by molar-refractivity contribution is 5.68. The molecule has 1 fully saturated rings. The van der Waals surface area contributed by atoms with Crippen LogP contribution in [0.2, 0.25) is 0 Å². The van der Waals surface area contributed by atoms with Gasteiger partial charge in [0.05, 0.1) is 6.33 Å². The van der Waals surface area contributed by atoms with Gasteiger partial charge in [0.2, 0.25) is 0 Å². The van der Waals surface area contributed by atoms with Gasteiger partial charge in [-0.1, -0.05) is 0 Å². The summed E-state index contributed by atoms with van der Waals surface area (Å²) in [7, 11) is 0. The average Bonchev–Trinajstić information content (AvgIpc) is 2.80. The van der Waals surface area contributed by atoms with E-state index in [1.54, 1.807) is 0 Å². The lowest BCUT2D eigenvalue weighted by molar-refractivity contribution is 0.0488. The van der Waals surface area contributed by atoms with Crippen LogP contribution in [-0.4, -0.2) is 27.3 Å². The van der Waals surface area contributed by atoms with Crippen LogP contribution in [0.15, 0.2) is 18.7 Å². The molecule has 1 saturated carbocycles. The van der Waals surface area contributed by atoms with Gasteiger partial charge in [-0.2, -0.15) is 0 Å². The fourth-order valence-corrected chi connectivity index (χ4v) is 2.48. The van der Waals surface area contributed by atoms with Gasteiger partial charge in [-0.15, -0.1) is 0 Å². The summed E-state index contributed by atoms with van der Waals surface area (Å²) in [6.07, 6.45) is 9.49. The van der Waals surface area contributed by atoms with Crippen molar-refractivity contribution in [1.29, 1.82) is 0 Å². The van der Waals surface area contributed by atoms with Crippen molar-refractivity contribution in [1.82, 2.24) is 14.9 Å². The number of hydrogen-bond donors (Lipinski definition) is 1. The molecule has 0 spiro atoms. The molecule has 0 unspecified atom stereocenters. The first kappa shape index (κ1) is 13.9. The Morgan fingerprint density at radius 3 is 2.53 bits per heavy atom. The molecule has 5 heteroatoms. The second kappa shape index (κ2) is 5.63. The molecule has 1 amide bonds. The topological polar surface area (TPSA) is 56.1 Å². The number of alkyl carbamates (subject to hydrolysis) is 1. The van der Waals surface area contributed by atoms with E-state index in [0.29, 0.717) is 6.04 Å². The van der Waals surface area contributed by atoms with Crippen LogP contribution in [-0.2, 0) is 4.74 Å². The Bertz CT molecular complexity index is 401. The highest BCUT2D eigenvalue weighted by Gasteiger charge is 2.25. The fourth-order valence-electron chi connectivity index (χ4n) is 2.48. The van der Waals surface area contributed by atoms with Crippen molar-refractivity contribution in [3.63, 3.8) is 0 Å². The molecule has 0 aromatic carbocycles. The van der Waals surface area contributed by atoms with Gasteiger partial charge in [0, 0.05) is 24.5 Å². The zero-order valence-electron chi connectivity index (χ0n) is 11.9. The van der Waals surface area contributed by atoms with E-state index in [1.165, 1.54) is 0 Å². The van der Waals surface area contributed by atoms with Gasteiger partial charge in [0.15, 0.2) is 0 Å². The second-order valence-electron chi connectivity index (χ2n) is 6.16. The molecular weight excluding hydrogens is 242 g/mol. The molecule has 0 aliphatic heterocycles. The van der Waals surface area contributed by atoms with Crippen LogP contribution in [0, 0.1) is 0 Å². The van der Waals surface area contributed by atoms with E-state index in [1.807, 2.05) is 39.5 Å². The SMILES string of the molecule is CC(C)(C)OC(=O)NC1CCC(n2ccnc2)CC1. The third-order valence-corrected chi connectivity index (χ3v) is 3.36. The van der Waals surface area contributed by atoms with E-state index >= 15 is 0 Å². The zero-order chi connectivity index (χ0) is 13.9. The largest absolute Gasteiger partial charge is 0.444 e. The van der Waals surface area contributed by atoms with E-state index in [9.17, 15) is 4.79 Å². The molecule has 1 aliphatic carbocycles. The summed E-state index contributed by atoms with van der Waals surface area (Å²) in [6.45, 7) is 5.63. The third kappa shape index (κ3) is 4.26. The predicted molar refractivity (Wildman–Crippen MR) is 72.9 cm³/mol. The van der Waals surface area contributed by atoms with E-state index in [4.69, 9.17) is 4.74 Å². The molecule has 0 saturated heterocycles. The summed E-state index contributed by atoms with van der Waals surface area (Å²) in [5.74, 6) is 0. The molecule has 2 rings (SSSR count). The number of hydrogen-bond acceptors (Lipinski definition) is 3. The van der Waals surface area contributed by atoms with Crippen molar-refractivity contribution in [2.75, 3.05) is 0 Å². The maximum absolute atomic E-state index is 11.7. The van der Waals surface area contributed by atoms with Crippen molar-refractivity contribution in [3.05, 3.63) is 18.7 Å². The minimum Gasteiger partial charge on any atom is -0.444 e. The number of imidazole rings is 1. The van der Waals surface area contributed by atoms with Crippen LogP contribution in [0.25, 0.3) is 0 Å². The quantitative estimate of drug-likeness (QED) is 0.894. The Kier molecular flexibility index (Phi) is 4.12. The lowest BCUT2D eigenvalue weighted by Crippen LogP contribution is -2.41. The summed E-state index contributed by atoms with van der Waals surface area (Å²) >= 11 is 0. The molecule has 0 atom stereocenters. The van der Waals surface area contributed by atoms with Gasteiger partial charge >= 0.3 is 6.09 Å².